The molecule has 1 aliphatic rings. The van der Waals surface area contributed by atoms with E-state index < -0.39 is 9.84 Å². The third kappa shape index (κ3) is 8.07. The van der Waals surface area contributed by atoms with E-state index in [2.05, 4.69) is 5.32 Å². The van der Waals surface area contributed by atoms with Gasteiger partial charge in [0.25, 0.3) is 0 Å². The van der Waals surface area contributed by atoms with Crippen molar-refractivity contribution in [1.29, 1.82) is 0 Å². The Hall–Kier alpha value is -1.31. The summed E-state index contributed by atoms with van der Waals surface area (Å²) in [6, 6.07) is 6.43. The zero-order valence-electron chi connectivity index (χ0n) is 14.4. The van der Waals surface area contributed by atoms with Crippen molar-refractivity contribution >= 4 is 28.2 Å². The summed E-state index contributed by atoms with van der Waals surface area (Å²) >= 11 is 0. The molecule has 0 heterocycles. The summed E-state index contributed by atoms with van der Waals surface area (Å²) in [7, 11) is -3.18. The predicted octanol–water partition coefficient (Wildman–Crippen LogP) is 1.91. The summed E-state index contributed by atoms with van der Waals surface area (Å²) in [6.07, 6.45) is 5.50. The number of carbonyl (C=O) groups excluding carboxylic acids is 1. The average molecular weight is 391 g/mol. The van der Waals surface area contributed by atoms with E-state index in [4.69, 9.17) is 10.5 Å². The van der Waals surface area contributed by atoms with Crippen molar-refractivity contribution in [2.75, 3.05) is 19.4 Å². The fourth-order valence-electron chi connectivity index (χ4n) is 2.37. The first-order valence-corrected chi connectivity index (χ1v) is 10.2. The van der Waals surface area contributed by atoms with Gasteiger partial charge >= 0.3 is 0 Å². The summed E-state index contributed by atoms with van der Waals surface area (Å²) in [6.45, 7) is 1.06. The van der Waals surface area contributed by atoms with Gasteiger partial charge in [-0.3, -0.25) is 4.79 Å². The van der Waals surface area contributed by atoms with Crippen molar-refractivity contribution in [1.82, 2.24) is 5.32 Å². The summed E-state index contributed by atoms with van der Waals surface area (Å²) < 4.78 is 28.3. The zero-order chi connectivity index (χ0) is 17.6. The molecule has 6 nitrogen and oxygen atoms in total. The lowest BCUT2D eigenvalue weighted by Gasteiger charge is -2.11. The highest BCUT2D eigenvalue weighted by Crippen LogP contribution is 2.31. The van der Waals surface area contributed by atoms with Gasteiger partial charge in [0.2, 0.25) is 5.91 Å². The Morgan fingerprint density at radius 3 is 2.48 bits per heavy atom. The Kier molecular flexibility index (Phi) is 8.68. The number of benzene rings is 1. The van der Waals surface area contributed by atoms with Crippen LogP contribution in [0.15, 0.2) is 29.2 Å². The molecule has 1 aromatic carbocycles. The fourth-order valence-corrected chi connectivity index (χ4v) is 3.00. The van der Waals surface area contributed by atoms with Gasteiger partial charge in [0, 0.05) is 25.3 Å². The number of hydrogen-bond acceptors (Lipinski definition) is 5. The molecule has 1 saturated carbocycles. The van der Waals surface area contributed by atoms with Crippen molar-refractivity contribution in [3.8, 4) is 5.75 Å². The molecule has 1 amide bonds. The van der Waals surface area contributed by atoms with Gasteiger partial charge in [-0.1, -0.05) is 0 Å². The predicted molar refractivity (Wildman–Crippen MR) is 99.9 cm³/mol. The van der Waals surface area contributed by atoms with Gasteiger partial charge in [0.05, 0.1) is 11.5 Å². The number of carbonyl (C=O) groups is 1. The van der Waals surface area contributed by atoms with Crippen molar-refractivity contribution in [2.45, 2.75) is 43.0 Å². The van der Waals surface area contributed by atoms with Crippen LogP contribution in [0.3, 0.4) is 0 Å². The number of unbranched alkanes of at least 4 members (excludes halogenated alkanes) is 1. The Balaban J connectivity index is 0.00000312. The maximum atomic E-state index is 11.7. The lowest BCUT2D eigenvalue weighted by Crippen LogP contribution is -2.38. The standard InChI is InChI=1S/C17H26N2O4S.ClH/c1-24(21,22)15-9-7-14(8-10-15)23-11-3-2-4-17(20)19-12-16(18)13-5-6-13;/h7-10,13,16H,2-6,11-12,18H2,1H3,(H,19,20);1H. The molecular formula is C17H27ClN2O4S. The summed E-state index contributed by atoms with van der Waals surface area (Å²) in [5.74, 6) is 1.25. The van der Waals surface area contributed by atoms with Crippen molar-refractivity contribution in [2.24, 2.45) is 11.7 Å². The average Bonchev–Trinajstić information content (AvgIpc) is 3.37. The van der Waals surface area contributed by atoms with Gasteiger partial charge in [0.1, 0.15) is 5.75 Å². The van der Waals surface area contributed by atoms with E-state index in [1.165, 1.54) is 31.2 Å². The van der Waals surface area contributed by atoms with E-state index in [1.807, 2.05) is 0 Å². The van der Waals surface area contributed by atoms with Crippen LogP contribution in [0.2, 0.25) is 0 Å². The number of ether oxygens (including phenoxy) is 1. The monoisotopic (exact) mass is 390 g/mol. The molecule has 25 heavy (non-hydrogen) atoms. The lowest BCUT2D eigenvalue weighted by atomic mass is 10.2. The number of sulfone groups is 1. The summed E-state index contributed by atoms with van der Waals surface area (Å²) in [4.78, 5) is 12.0. The number of hydrogen-bond donors (Lipinski definition) is 2. The van der Waals surface area contributed by atoms with Crippen molar-refractivity contribution in [3.63, 3.8) is 0 Å². The number of rotatable bonds is 10. The molecule has 1 unspecified atom stereocenters. The first kappa shape index (κ1) is 21.7. The van der Waals surface area contributed by atoms with Crippen LogP contribution in [0.5, 0.6) is 5.75 Å². The van der Waals surface area contributed by atoms with Crippen LogP contribution >= 0.6 is 12.4 Å². The van der Waals surface area contributed by atoms with Crippen LogP contribution in [0.4, 0.5) is 0 Å². The molecule has 0 bridgehead atoms. The third-order valence-corrected chi connectivity index (χ3v) is 5.21. The summed E-state index contributed by atoms with van der Waals surface area (Å²) in [5, 5.41) is 2.87. The van der Waals surface area contributed by atoms with Crippen LogP contribution in [0, 0.1) is 5.92 Å². The zero-order valence-corrected chi connectivity index (χ0v) is 16.1. The molecule has 0 saturated heterocycles. The van der Waals surface area contributed by atoms with E-state index >= 15 is 0 Å². The van der Waals surface area contributed by atoms with Crippen LogP contribution in [0.25, 0.3) is 0 Å². The molecule has 0 spiro atoms. The molecule has 1 atom stereocenters. The Morgan fingerprint density at radius 2 is 1.92 bits per heavy atom. The normalized spacial score (nSPS) is 15.1. The molecular weight excluding hydrogens is 364 g/mol. The smallest absolute Gasteiger partial charge is 0.220 e. The molecule has 1 aliphatic carbocycles. The molecule has 0 radical (unpaired) electrons. The summed E-state index contributed by atoms with van der Waals surface area (Å²) in [5.41, 5.74) is 5.93. The minimum atomic E-state index is -3.18. The molecule has 2 rings (SSSR count). The topological polar surface area (TPSA) is 98.5 Å². The Bertz CT molecular complexity index is 645. The van der Waals surface area contributed by atoms with Crippen LogP contribution < -0.4 is 15.8 Å². The van der Waals surface area contributed by atoms with E-state index in [1.54, 1.807) is 12.1 Å². The fraction of sp³-hybridized carbons (Fsp3) is 0.588. The Morgan fingerprint density at radius 1 is 1.28 bits per heavy atom. The highest BCUT2D eigenvalue weighted by molar-refractivity contribution is 7.90. The highest BCUT2D eigenvalue weighted by atomic mass is 35.5. The van der Waals surface area contributed by atoms with Gasteiger partial charge in [-0.2, -0.15) is 0 Å². The van der Waals surface area contributed by atoms with Gasteiger partial charge in [-0.15, -0.1) is 12.4 Å². The second kappa shape index (κ2) is 9.99. The van der Waals surface area contributed by atoms with E-state index in [0.717, 1.165) is 12.8 Å². The highest BCUT2D eigenvalue weighted by Gasteiger charge is 2.28. The second-order valence-corrected chi connectivity index (χ2v) is 8.37. The second-order valence-electron chi connectivity index (χ2n) is 6.35. The first-order chi connectivity index (χ1) is 11.4. The maximum Gasteiger partial charge on any atom is 0.220 e. The third-order valence-electron chi connectivity index (χ3n) is 4.08. The van der Waals surface area contributed by atoms with Crippen molar-refractivity contribution in [3.05, 3.63) is 24.3 Å². The molecule has 0 aliphatic heterocycles. The lowest BCUT2D eigenvalue weighted by molar-refractivity contribution is -0.121. The van der Waals surface area contributed by atoms with Gasteiger partial charge in [0.15, 0.2) is 9.84 Å². The number of amides is 1. The Labute approximate surface area is 155 Å². The SMILES string of the molecule is CS(=O)(=O)c1ccc(OCCCCC(=O)NCC(N)C2CC2)cc1.Cl. The van der Waals surface area contributed by atoms with Gasteiger partial charge in [-0.05, 0) is 55.9 Å². The molecule has 1 aromatic rings. The van der Waals surface area contributed by atoms with Gasteiger partial charge < -0.3 is 15.8 Å². The molecule has 0 aromatic heterocycles. The van der Waals surface area contributed by atoms with Crippen LogP contribution in [-0.2, 0) is 14.6 Å². The van der Waals surface area contributed by atoms with Crippen molar-refractivity contribution < 1.29 is 17.9 Å². The van der Waals surface area contributed by atoms with E-state index in [-0.39, 0.29) is 29.3 Å². The van der Waals surface area contributed by atoms with Crippen LogP contribution in [-0.4, -0.2) is 39.8 Å². The largest absolute Gasteiger partial charge is 0.494 e. The first-order valence-electron chi connectivity index (χ1n) is 8.31. The minimum Gasteiger partial charge on any atom is -0.494 e. The molecule has 1 fully saturated rings. The maximum absolute atomic E-state index is 11.7. The minimum absolute atomic E-state index is 0. The molecule has 8 heteroatoms. The molecule has 142 valence electrons. The quantitative estimate of drug-likeness (QED) is 0.594. The van der Waals surface area contributed by atoms with E-state index in [0.29, 0.717) is 31.2 Å². The van der Waals surface area contributed by atoms with Gasteiger partial charge in [-0.25, -0.2) is 8.42 Å². The van der Waals surface area contributed by atoms with E-state index in [9.17, 15) is 13.2 Å². The van der Waals surface area contributed by atoms with Crippen LogP contribution in [0.1, 0.15) is 32.1 Å². The molecule has 3 N–H and O–H groups in total. The number of nitrogens with two attached hydrogens (primary N) is 1. The number of halogens is 1. The number of nitrogens with one attached hydrogen (secondary N) is 1.